The molecule has 0 aliphatic heterocycles. The monoisotopic (exact) mass is 346 g/mol. The van der Waals surface area contributed by atoms with Crippen molar-refractivity contribution < 1.29 is 9.31 Å². The van der Waals surface area contributed by atoms with Crippen LogP contribution < -0.4 is 5.32 Å². The standard InChI is InChI=1S/C16H12ClFN4O2/c17-13-8-14-12(7-15(13)22(23)24)16(21-9-20-14)19-6-5-10-1-3-11(18)4-2-10/h1-4,7-9H,5-6H2,(H,19,20,21). The Hall–Kier alpha value is -2.80. The molecule has 3 aromatic rings. The largest absolute Gasteiger partial charge is 0.369 e. The summed E-state index contributed by atoms with van der Waals surface area (Å²) in [6.45, 7) is 0.536. The molecule has 0 amide bonds. The minimum atomic E-state index is -0.545. The van der Waals surface area contributed by atoms with Gasteiger partial charge in [0, 0.05) is 18.0 Å². The van der Waals surface area contributed by atoms with E-state index in [4.69, 9.17) is 11.6 Å². The number of hydrogen-bond acceptors (Lipinski definition) is 5. The van der Waals surface area contributed by atoms with E-state index in [1.54, 1.807) is 12.1 Å². The van der Waals surface area contributed by atoms with Crippen LogP contribution in [0.2, 0.25) is 5.02 Å². The zero-order valence-corrected chi connectivity index (χ0v) is 13.1. The van der Waals surface area contributed by atoms with Crippen LogP contribution in [0.25, 0.3) is 10.9 Å². The molecule has 0 saturated heterocycles. The van der Waals surface area contributed by atoms with Gasteiger partial charge in [-0.1, -0.05) is 23.7 Å². The topological polar surface area (TPSA) is 81.0 Å². The van der Waals surface area contributed by atoms with Crippen LogP contribution in [0.15, 0.2) is 42.7 Å². The Morgan fingerprint density at radius 1 is 1.21 bits per heavy atom. The molecule has 1 N–H and O–H groups in total. The fourth-order valence-corrected chi connectivity index (χ4v) is 2.55. The molecule has 122 valence electrons. The van der Waals surface area contributed by atoms with Crippen LogP contribution in [0.3, 0.4) is 0 Å². The molecule has 1 aromatic heterocycles. The summed E-state index contributed by atoms with van der Waals surface area (Å²) < 4.78 is 12.9. The van der Waals surface area contributed by atoms with E-state index >= 15 is 0 Å². The van der Waals surface area contributed by atoms with Gasteiger partial charge >= 0.3 is 0 Å². The van der Waals surface area contributed by atoms with Crippen LogP contribution in [0, 0.1) is 15.9 Å². The predicted molar refractivity (Wildman–Crippen MR) is 89.8 cm³/mol. The summed E-state index contributed by atoms with van der Waals surface area (Å²) >= 11 is 5.89. The molecule has 0 radical (unpaired) electrons. The highest BCUT2D eigenvalue weighted by molar-refractivity contribution is 6.33. The number of halogens is 2. The van der Waals surface area contributed by atoms with Crippen LogP contribution in [0.5, 0.6) is 0 Å². The normalized spacial score (nSPS) is 10.8. The van der Waals surface area contributed by atoms with Gasteiger partial charge in [0.2, 0.25) is 0 Å². The lowest BCUT2D eigenvalue weighted by molar-refractivity contribution is -0.384. The smallest absolute Gasteiger partial charge is 0.288 e. The molecule has 1 heterocycles. The first-order valence-corrected chi connectivity index (χ1v) is 7.49. The van der Waals surface area contributed by atoms with Gasteiger partial charge in [0.1, 0.15) is 23.0 Å². The lowest BCUT2D eigenvalue weighted by atomic mass is 10.1. The Morgan fingerprint density at radius 3 is 2.67 bits per heavy atom. The lowest BCUT2D eigenvalue weighted by Crippen LogP contribution is -2.07. The number of anilines is 1. The van der Waals surface area contributed by atoms with Gasteiger partial charge in [-0.05, 0) is 30.2 Å². The van der Waals surface area contributed by atoms with Crippen LogP contribution >= 0.6 is 11.6 Å². The molecule has 0 atom stereocenters. The first-order chi connectivity index (χ1) is 11.5. The Labute approximate surface area is 141 Å². The number of hydrogen-bond donors (Lipinski definition) is 1. The summed E-state index contributed by atoms with van der Waals surface area (Å²) in [5, 5.41) is 14.7. The van der Waals surface area contributed by atoms with E-state index in [1.165, 1.54) is 30.6 Å². The second-order valence-electron chi connectivity index (χ2n) is 5.10. The first-order valence-electron chi connectivity index (χ1n) is 7.11. The second-order valence-corrected chi connectivity index (χ2v) is 5.51. The summed E-state index contributed by atoms with van der Waals surface area (Å²) in [7, 11) is 0. The van der Waals surface area contributed by atoms with Crippen molar-refractivity contribution in [2.75, 3.05) is 11.9 Å². The number of nitrogens with one attached hydrogen (secondary N) is 1. The molecule has 2 aromatic carbocycles. The van der Waals surface area contributed by atoms with Gasteiger partial charge < -0.3 is 5.32 Å². The SMILES string of the molecule is O=[N+]([O-])c1cc2c(NCCc3ccc(F)cc3)ncnc2cc1Cl. The van der Waals surface area contributed by atoms with Gasteiger partial charge in [-0.15, -0.1) is 0 Å². The molecular weight excluding hydrogens is 335 g/mol. The van der Waals surface area contributed by atoms with Crippen molar-refractivity contribution in [2.45, 2.75) is 6.42 Å². The van der Waals surface area contributed by atoms with E-state index in [0.29, 0.717) is 29.7 Å². The molecule has 0 aliphatic carbocycles. The van der Waals surface area contributed by atoms with Gasteiger partial charge in [-0.2, -0.15) is 0 Å². The molecular formula is C16H12ClFN4O2. The van der Waals surface area contributed by atoms with Crippen LogP contribution in [0.1, 0.15) is 5.56 Å². The second kappa shape index (κ2) is 6.76. The molecule has 0 aliphatic rings. The van der Waals surface area contributed by atoms with Crippen molar-refractivity contribution in [1.82, 2.24) is 9.97 Å². The van der Waals surface area contributed by atoms with Crippen molar-refractivity contribution in [3.05, 3.63) is 69.2 Å². The number of nitro groups is 1. The molecule has 24 heavy (non-hydrogen) atoms. The summed E-state index contributed by atoms with van der Waals surface area (Å²) in [5.41, 5.74) is 1.29. The Morgan fingerprint density at radius 2 is 1.96 bits per heavy atom. The van der Waals surface area contributed by atoms with E-state index in [-0.39, 0.29) is 16.5 Å². The summed E-state index contributed by atoms with van der Waals surface area (Å²) in [6, 6.07) is 9.03. The van der Waals surface area contributed by atoms with E-state index in [1.807, 2.05) is 0 Å². The van der Waals surface area contributed by atoms with Crippen molar-refractivity contribution >= 4 is 34.0 Å². The van der Waals surface area contributed by atoms with Crippen molar-refractivity contribution in [1.29, 1.82) is 0 Å². The van der Waals surface area contributed by atoms with Crippen molar-refractivity contribution in [3.63, 3.8) is 0 Å². The minimum absolute atomic E-state index is 0.0310. The van der Waals surface area contributed by atoms with E-state index in [0.717, 1.165) is 5.56 Å². The number of nitro benzene ring substituents is 1. The first kappa shape index (κ1) is 16.1. The number of aromatic nitrogens is 2. The van der Waals surface area contributed by atoms with E-state index in [2.05, 4.69) is 15.3 Å². The quantitative estimate of drug-likeness (QED) is 0.558. The molecule has 0 fully saturated rings. The third-order valence-corrected chi connectivity index (χ3v) is 3.82. The summed E-state index contributed by atoms with van der Waals surface area (Å²) in [4.78, 5) is 18.7. The van der Waals surface area contributed by atoms with Crippen molar-refractivity contribution in [2.24, 2.45) is 0 Å². The fourth-order valence-electron chi connectivity index (χ4n) is 2.32. The molecule has 6 nitrogen and oxygen atoms in total. The van der Waals surface area contributed by atoms with Gasteiger partial charge in [-0.25, -0.2) is 14.4 Å². The third-order valence-electron chi connectivity index (χ3n) is 3.52. The maximum Gasteiger partial charge on any atom is 0.288 e. The highest BCUT2D eigenvalue weighted by Gasteiger charge is 2.16. The van der Waals surface area contributed by atoms with E-state index < -0.39 is 4.92 Å². The van der Waals surface area contributed by atoms with Crippen LogP contribution in [-0.4, -0.2) is 21.4 Å². The van der Waals surface area contributed by atoms with Gasteiger partial charge in [0.15, 0.2) is 0 Å². The molecule has 0 unspecified atom stereocenters. The predicted octanol–water partition coefficient (Wildman–Crippen LogP) is 3.99. The zero-order chi connectivity index (χ0) is 17.1. The average Bonchev–Trinajstić information content (AvgIpc) is 2.56. The van der Waals surface area contributed by atoms with Crippen LogP contribution in [-0.2, 0) is 6.42 Å². The third kappa shape index (κ3) is 3.41. The number of fused-ring (bicyclic) bond motifs is 1. The average molecular weight is 347 g/mol. The highest BCUT2D eigenvalue weighted by Crippen LogP contribution is 2.31. The number of nitrogens with zero attached hydrogens (tertiary/aromatic N) is 3. The number of rotatable bonds is 5. The zero-order valence-electron chi connectivity index (χ0n) is 12.4. The van der Waals surface area contributed by atoms with E-state index in [9.17, 15) is 14.5 Å². The highest BCUT2D eigenvalue weighted by atomic mass is 35.5. The Bertz CT molecular complexity index is 902. The molecule has 0 spiro atoms. The maximum atomic E-state index is 12.9. The van der Waals surface area contributed by atoms with Gasteiger partial charge in [-0.3, -0.25) is 10.1 Å². The lowest BCUT2D eigenvalue weighted by Gasteiger charge is -2.09. The molecule has 0 saturated carbocycles. The molecule has 8 heteroatoms. The number of benzene rings is 2. The van der Waals surface area contributed by atoms with Crippen LogP contribution in [0.4, 0.5) is 15.9 Å². The minimum Gasteiger partial charge on any atom is -0.369 e. The molecule has 0 bridgehead atoms. The summed E-state index contributed by atoms with van der Waals surface area (Å²) in [6.07, 6.45) is 2.02. The Kier molecular flexibility index (Phi) is 4.52. The molecule has 3 rings (SSSR count). The maximum absolute atomic E-state index is 12.9. The fraction of sp³-hybridized carbons (Fsp3) is 0.125. The Balaban J connectivity index is 1.82. The van der Waals surface area contributed by atoms with Crippen molar-refractivity contribution in [3.8, 4) is 0 Å². The van der Waals surface area contributed by atoms with Gasteiger partial charge in [0.25, 0.3) is 5.69 Å². The summed E-state index contributed by atoms with van der Waals surface area (Å²) in [5.74, 6) is 0.208. The van der Waals surface area contributed by atoms with Gasteiger partial charge in [0.05, 0.1) is 10.4 Å².